The number of nitrogen functional groups attached to an aromatic ring is 1. The van der Waals surface area contributed by atoms with Crippen LogP contribution in [-0.2, 0) is 4.74 Å². The highest BCUT2D eigenvalue weighted by Crippen LogP contribution is 2.29. The van der Waals surface area contributed by atoms with Crippen molar-refractivity contribution in [1.29, 1.82) is 0 Å². The molecule has 0 amide bonds. The molecular formula is C16H20N2O2S. The third-order valence-corrected chi connectivity index (χ3v) is 4.41. The van der Waals surface area contributed by atoms with Crippen LogP contribution in [0.5, 0.6) is 0 Å². The lowest BCUT2D eigenvalue weighted by Crippen LogP contribution is -2.12. The quantitative estimate of drug-likeness (QED) is 0.647. The number of nitrogens with one attached hydrogen (secondary N) is 1. The zero-order valence-electron chi connectivity index (χ0n) is 12.5. The SMILES string of the molecule is CCC(Nc1cc(C)c(N)c(C(=O)OC)c1)c1cccs1. The molecule has 1 aromatic heterocycles. The Hall–Kier alpha value is -2.01. The van der Waals surface area contributed by atoms with Gasteiger partial charge in [0.15, 0.2) is 0 Å². The van der Waals surface area contributed by atoms with Crippen LogP contribution in [-0.4, -0.2) is 13.1 Å². The summed E-state index contributed by atoms with van der Waals surface area (Å²) in [7, 11) is 1.36. The predicted molar refractivity (Wildman–Crippen MR) is 87.9 cm³/mol. The molecule has 1 heterocycles. The van der Waals surface area contributed by atoms with E-state index in [0.717, 1.165) is 17.7 Å². The van der Waals surface area contributed by atoms with Gasteiger partial charge in [-0.2, -0.15) is 0 Å². The predicted octanol–water partition coefficient (Wildman–Crippen LogP) is 3.99. The van der Waals surface area contributed by atoms with E-state index in [0.29, 0.717) is 11.3 Å². The van der Waals surface area contributed by atoms with E-state index in [1.807, 2.05) is 19.1 Å². The zero-order valence-corrected chi connectivity index (χ0v) is 13.3. The van der Waals surface area contributed by atoms with E-state index in [9.17, 15) is 4.79 Å². The van der Waals surface area contributed by atoms with E-state index >= 15 is 0 Å². The molecule has 0 aliphatic rings. The smallest absolute Gasteiger partial charge is 0.340 e. The molecule has 0 fully saturated rings. The number of nitrogens with two attached hydrogens (primary N) is 1. The minimum Gasteiger partial charge on any atom is -0.465 e. The van der Waals surface area contributed by atoms with Crippen LogP contribution in [0, 0.1) is 6.92 Å². The Kier molecular flexibility index (Phi) is 4.85. The van der Waals surface area contributed by atoms with Crippen LogP contribution in [0.1, 0.15) is 40.2 Å². The fourth-order valence-corrected chi connectivity index (χ4v) is 3.09. The molecule has 0 radical (unpaired) electrons. The molecule has 0 aliphatic carbocycles. The molecule has 1 aromatic carbocycles. The standard InChI is InChI=1S/C16H20N2O2S/c1-4-13(14-6-5-7-21-14)18-11-8-10(2)15(17)12(9-11)16(19)20-3/h5-9,13,18H,4,17H2,1-3H3. The Morgan fingerprint density at radius 2 is 2.24 bits per heavy atom. The van der Waals surface area contributed by atoms with Crippen molar-refractivity contribution in [2.24, 2.45) is 0 Å². The Labute approximate surface area is 128 Å². The highest BCUT2D eigenvalue weighted by Gasteiger charge is 2.16. The maximum atomic E-state index is 11.8. The first-order valence-electron chi connectivity index (χ1n) is 6.85. The van der Waals surface area contributed by atoms with Crippen LogP contribution in [0.15, 0.2) is 29.6 Å². The van der Waals surface area contributed by atoms with Crippen LogP contribution in [0.2, 0.25) is 0 Å². The van der Waals surface area contributed by atoms with Gasteiger partial charge in [-0.05, 0) is 42.5 Å². The molecule has 0 saturated heterocycles. The van der Waals surface area contributed by atoms with Crippen molar-refractivity contribution in [2.45, 2.75) is 26.3 Å². The summed E-state index contributed by atoms with van der Waals surface area (Å²) in [5, 5.41) is 5.53. The van der Waals surface area contributed by atoms with Crippen molar-refractivity contribution in [3.8, 4) is 0 Å². The number of methoxy groups -OCH3 is 1. The van der Waals surface area contributed by atoms with Gasteiger partial charge in [0.25, 0.3) is 0 Å². The van der Waals surface area contributed by atoms with Crippen molar-refractivity contribution in [3.05, 3.63) is 45.6 Å². The van der Waals surface area contributed by atoms with Crippen LogP contribution in [0.4, 0.5) is 11.4 Å². The number of esters is 1. The van der Waals surface area contributed by atoms with E-state index in [-0.39, 0.29) is 6.04 Å². The lowest BCUT2D eigenvalue weighted by Gasteiger charge is -2.19. The van der Waals surface area contributed by atoms with Gasteiger partial charge in [0.2, 0.25) is 0 Å². The van der Waals surface area contributed by atoms with Crippen LogP contribution >= 0.6 is 11.3 Å². The number of benzene rings is 1. The number of hydrogen-bond donors (Lipinski definition) is 2. The topological polar surface area (TPSA) is 64.3 Å². The Morgan fingerprint density at radius 1 is 1.48 bits per heavy atom. The van der Waals surface area contributed by atoms with Gasteiger partial charge < -0.3 is 15.8 Å². The Balaban J connectivity index is 2.32. The molecule has 0 spiro atoms. The third-order valence-electron chi connectivity index (χ3n) is 3.43. The van der Waals surface area contributed by atoms with Crippen molar-refractivity contribution in [2.75, 3.05) is 18.2 Å². The summed E-state index contributed by atoms with van der Waals surface area (Å²) in [6.45, 7) is 4.02. The first-order valence-corrected chi connectivity index (χ1v) is 7.73. The van der Waals surface area contributed by atoms with Crippen LogP contribution in [0.25, 0.3) is 0 Å². The van der Waals surface area contributed by atoms with Crippen molar-refractivity contribution >= 4 is 28.7 Å². The summed E-state index contributed by atoms with van der Waals surface area (Å²) in [6.07, 6.45) is 0.956. The van der Waals surface area contributed by atoms with Gasteiger partial charge in [0.1, 0.15) is 0 Å². The number of ether oxygens (including phenoxy) is 1. The lowest BCUT2D eigenvalue weighted by molar-refractivity contribution is 0.0602. The molecule has 5 heteroatoms. The monoisotopic (exact) mass is 304 g/mol. The third kappa shape index (κ3) is 3.36. The lowest BCUT2D eigenvalue weighted by atomic mass is 10.1. The van der Waals surface area contributed by atoms with Gasteiger partial charge in [0.05, 0.1) is 18.7 Å². The van der Waals surface area contributed by atoms with E-state index in [2.05, 4.69) is 23.7 Å². The number of hydrogen-bond acceptors (Lipinski definition) is 5. The molecular weight excluding hydrogens is 284 g/mol. The van der Waals surface area contributed by atoms with E-state index in [1.165, 1.54) is 12.0 Å². The summed E-state index contributed by atoms with van der Waals surface area (Å²) < 4.78 is 4.79. The number of carbonyl (C=O) groups excluding carboxylic acids is 1. The second-order valence-corrected chi connectivity index (χ2v) is 5.85. The second-order valence-electron chi connectivity index (χ2n) is 4.87. The molecule has 112 valence electrons. The Bertz CT molecular complexity index is 623. The normalized spacial score (nSPS) is 12.0. The molecule has 2 aromatic rings. The van der Waals surface area contributed by atoms with Crippen LogP contribution < -0.4 is 11.1 Å². The highest BCUT2D eigenvalue weighted by atomic mass is 32.1. The van der Waals surface area contributed by atoms with Crippen molar-refractivity contribution in [3.63, 3.8) is 0 Å². The zero-order chi connectivity index (χ0) is 15.4. The van der Waals surface area contributed by atoms with E-state index in [4.69, 9.17) is 10.5 Å². The number of carbonyl (C=O) groups is 1. The number of aryl methyl sites for hydroxylation is 1. The first-order chi connectivity index (χ1) is 10.1. The first kappa shape index (κ1) is 15.4. The largest absolute Gasteiger partial charge is 0.465 e. The van der Waals surface area contributed by atoms with Gasteiger partial charge in [-0.15, -0.1) is 11.3 Å². The summed E-state index contributed by atoms with van der Waals surface area (Å²) in [5.74, 6) is -0.413. The van der Waals surface area contributed by atoms with E-state index < -0.39 is 5.97 Å². The summed E-state index contributed by atoms with van der Waals surface area (Å²) in [4.78, 5) is 13.1. The maximum Gasteiger partial charge on any atom is 0.340 e. The highest BCUT2D eigenvalue weighted by molar-refractivity contribution is 7.10. The molecule has 0 bridgehead atoms. The maximum absolute atomic E-state index is 11.8. The van der Waals surface area contributed by atoms with Gasteiger partial charge >= 0.3 is 5.97 Å². The van der Waals surface area contributed by atoms with Gasteiger partial charge in [-0.1, -0.05) is 13.0 Å². The molecule has 21 heavy (non-hydrogen) atoms. The van der Waals surface area contributed by atoms with Gasteiger partial charge in [0, 0.05) is 16.3 Å². The Morgan fingerprint density at radius 3 is 2.81 bits per heavy atom. The van der Waals surface area contributed by atoms with Crippen LogP contribution in [0.3, 0.4) is 0 Å². The molecule has 0 aliphatic heterocycles. The minimum absolute atomic E-state index is 0.221. The van der Waals surface area contributed by atoms with Crippen molar-refractivity contribution < 1.29 is 9.53 Å². The summed E-state index contributed by atoms with van der Waals surface area (Å²) >= 11 is 1.72. The molecule has 3 N–H and O–H groups in total. The fourth-order valence-electron chi connectivity index (χ4n) is 2.23. The molecule has 1 atom stereocenters. The number of anilines is 2. The fraction of sp³-hybridized carbons (Fsp3) is 0.312. The average molecular weight is 304 g/mol. The molecule has 4 nitrogen and oxygen atoms in total. The van der Waals surface area contributed by atoms with Gasteiger partial charge in [-0.3, -0.25) is 0 Å². The second kappa shape index (κ2) is 6.63. The molecule has 2 rings (SSSR count). The number of thiophene rings is 1. The van der Waals surface area contributed by atoms with Gasteiger partial charge in [-0.25, -0.2) is 4.79 Å². The molecule has 0 saturated carbocycles. The summed E-state index contributed by atoms with van der Waals surface area (Å²) in [6, 6.07) is 8.08. The number of rotatable bonds is 5. The minimum atomic E-state index is -0.413. The van der Waals surface area contributed by atoms with E-state index in [1.54, 1.807) is 17.4 Å². The van der Waals surface area contributed by atoms with Crippen molar-refractivity contribution in [1.82, 2.24) is 0 Å². The molecule has 1 unspecified atom stereocenters. The summed E-state index contributed by atoms with van der Waals surface area (Å²) in [5.41, 5.74) is 8.57. The average Bonchev–Trinajstić information content (AvgIpc) is 3.01.